The lowest BCUT2D eigenvalue weighted by molar-refractivity contribution is 0.100. The standard InChI is InChI=1S/C15H20N4O.C2H6/c1-8-9(2)18-14-11(15(16)20)3-4-12(13(8)14)19-10-5-6-17-7-10;1-2/h3-4,10,17-19H,5-7H2,1-2H3,(H2,16,20);1-2H3/t10-;/m0./s1. The van der Waals surface area contributed by atoms with Gasteiger partial charge in [-0.2, -0.15) is 0 Å². The number of carbonyl (C=O) groups is 1. The predicted octanol–water partition coefficient (Wildman–Crippen LogP) is 2.68. The Morgan fingerprint density at radius 2 is 2.05 bits per heavy atom. The van der Waals surface area contributed by atoms with Gasteiger partial charge in [0.1, 0.15) is 0 Å². The van der Waals surface area contributed by atoms with Crippen molar-refractivity contribution in [2.24, 2.45) is 5.73 Å². The summed E-state index contributed by atoms with van der Waals surface area (Å²) in [6.45, 7) is 10.1. The summed E-state index contributed by atoms with van der Waals surface area (Å²) in [6, 6.07) is 4.19. The van der Waals surface area contributed by atoms with Crippen molar-refractivity contribution in [1.29, 1.82) is 0 Å². The fourth-order valence-electron chi connectivity index (χ4n) is 2.91. The van der Waals surface area contributed by atoms with Gasteiger partial charge in [-0.05, 0) is 44.5 Å². The first-order chi connectivity index (χ1) is 10.6. The van der Waals surface area contributed by atoms with E-state index < -0.39 is 5.91 Å². The van der Waals surface area contributed by atoms with E-state index in [-0.39, 0.29) is 0 Å². The lowest BCUT2D eigenvalue weighted by Gasteiger charge is -2.15. The second-order valence-corrected chi connectivity index (χ2v) is 5.48. The first-order valence-corrected chi connectivity index (χ1v) is 7.97. The molecule has 5 N–H and O–H groups in total. The van der Waals surface area contributed by atoms with E-state index in [2.05, 4.69) is 22.5 Å². The Morgan fingerprint density at radius 1 is 1.32 bits per heavy atom. The molecule has 0 saturated carbocycles. The zero-order valence-electron chi connectivity index (χ0n) is 13.8. The maximum absolute atomic E-state index is 11.6. The predicted molar refractivity (Wildman–Crippen MR) is 92.5 cm³/mol. The van der Waals surface area contributed by atoms with Crippen LogP contribution in [0.4, 0.5) is 5.69 Å². The fraction of sp³-hybridized carbons (Fsp3) is 0.471. The van der Waals surface area contributed by atoms with Gasteiger partial charge in [-0.15, -0.1) is 0 Å². The van der Waals surface area contributed by atoms with Crippen LogP contribution in [-0.4, -0.2) is 30.0 Å². The smallest absolute Gasteiger partial charge is 0.250 e. The van der Waals surface area contributed by atoms with Gasteiger partial charge in [0.05, 0.1) is 11.1 Å². The molecule has 120 valence electrons. The number of rotatable bonds is 3. The van der Waals surface area contributed by atoms with E-state index in [1.54, 1.807) is 6.07 Å². The van der Waals surface area contributed by atoms with Crippen molar-refractivity contribution in [2.45, 2.75) is 40.2 Å². The Hall–Kier alpha value is -2.01. The topological polar surface area (TPSA) is 82.9 Å². The first kappa shape index (κ1) is 16.4. The SMILES string of the molecule is CC.Cc1[nH]c2c(C(N)=O)ccc(N[C@H]3CCNC3)c2c1C. The number of nitrogens with two attached hydrogens (primary N) is 1. The van der Waals surface area contributed by atoms with Crippen molar-refractivity contribution >= 4 is 22.5 Å². The number of carbonyl (C=O) groups excluding carboxylic acids is 1. The number of anilines is 1. The van der Waals surface area contributed by atoms with Gasteiger partial charge < -0.3 is 21.4 Å². The Labute approximate surface area is 131 Å². The van der Waals surface area contributed by atoms with E-state index >= 15 is 0 Å². The molecule has 1 aromatic carbocycles. The Morgan fingerprint density at radius 3 is 2.64 bits per heavy atom. The van der Waals surface area contributed by atoms with Crippen LogP contribution < -0.4 is 16.4 Å². The second-order valence-electron chi connectivity index (χ2n) is 5.48. The molecule has 3 rings (SSSR count). The number of primary amides is 1. The summed E-state index contributed by atoms with van der Waals surface area (Å²) in [5.74, 6) is -0.398. The fourth-order valence-corrected chi connectivity index (χ4v) is 2.91. The van der Waals surface area contributed by atoms with Crippen LogP contribution in [0.5, 0.6) is 0 Å². The molecule has 1 aromatic heterocycles. The van der Waals surface area contributed by atoms with Crippen molar-refractivity contribution in [3.8, 4) is 0 Å². The third-order valence-corrected chi connectivity index (χ3v) is 4.14. The van der Waals surface area contributed by atoms with Gasteiger partial charge in [0.25, 0.3) is 5.91 Å². The highest BCUT2D eigenvalue weighted by Gasteiger charge is 2.19. The average molecular weight is 302 g/mol. The Bertz CT molecular complexity index is 669. The van der Waals surface area contributed by atoms with Crippen molar-refractivity contribution in [1.82, 2.24) is 10.3 Å². The van der Waals surface area contributed by atoms with Crippen LogP contribution >= 0.6 is 0 Å². The number of H-pyrrole nitrogens is 1. The van der Waals surface area contributed by atoms with Crippen LogP contribution in [0.1, 0.15) is 41.9 Å². The Kier molecular flexibility index (Phi) is 5.08. The van der Waals surface area contributed by atoms with Crippen LogP contribution in [0, 0.1) is 13.8 Å². The first-order valence-electron chi connectivity index (χ1n) is 7.97. The molecule has 2 aromatic rings. The molecule has 0 unspecified atom stereocenters. The van der Waals surface area contributed by atoms with E-state index in [1.807, 2.05) is 26.8 Å². The highest BCUT2D eigenvalue weighted by Crippen LogP contribution is 2.32. The molecule has 1 amide bonds. The number of aromatic amines is 1. The van der Waals surface area contributed by atoms with Gasteiger partial charge >= 0.3 is 0 Å². The van der Waals surface area contributed by atoms with Crippen molar-refractivity contribution in [2.75, 3.05) is 18.4 Å². The molecule has 0 bridgehead atoms. The van der Waals surface area contributed by atoms with E-state index in [0.717, 1.165) is 47.4 Å². The zero-order chi connectivity index (χ0) is 16.3. The molecule has 0 aliphatic carbocycles. The summed E-state index contributed by atoms with van der Waals surface area (Å²) >= 11 is 0. The number of aryl methyl sites for hydroxylation is 2. The summed E-state index contributed by atoms with van der Waals surface area (Å²) in [5.41, 5.74) is 10.2. The van der Waals surface area contributed by atoms with Crippen LogP contribution in [0.3, 0.4) is 0 Å². The molecule has 1 saturated heterocycles. The largest absolute Gasteiger partial charge is 0.380 e. The normalized spacial score (nSPS) is 17.2. The molecular weight excluding hydrogens is 276 g/mol. The summed E-state index contributed by atoms with van der Waals surface area (Å²) in [6.07, 6.45) is 1.11. The van der Waals surface area contributed by atoms with Gasteiger partial charge in [0.15, 0.2) is 0 Å². The molecule has 1 aliphatic rings. The number of hydrogen-bond acceptors (Lipinski definition) is 3. The molecule has 1 aliphatic heterocycles. The number of fused-ring (bicyclic) bond motifs is 1. The summed E-state index contributed by atoms with van der Waals surface area (Å²) in [5, 5.41) is 7.99. The quantitative estimate of drug-likeness (QED) is 0.703. The highest BCUT2D eigenvalue weighted by atomic mass is 16.1. The number of hydrogen-bond donors (Lipinski definition) is 4. The van der Waals surface area contributed by atoms with E-state index in [4.69, 9.17) is 5.73 Å². The third-order valence-electron chi connectivity index (χ3n) is 4.14. The van der Waals surface area contributed by atoms with Crippen LogP contribution in [0.2, 0.25) is 0 Å². The summed E-state index contributed by atoms with van der Waals surface area (Å²) in [4.78, 5) is 14.8. The van der Waals surface area contributed by atoms with Gasteiger partial charge in [-0.1, -0.05) is 13.8 Å². The highest BCUT2D eigenvalue weighted by molar-refractivity contribution is 6.09. The Balaban J connectivity index is 0.000000847. The molecule has 0 spiro atoms. The molecule has 5 heteroatoms. The second kappa shape index (κ2) is 6.83. The van der Waals surface area contributed by atoms with Crippen molar-refractivity contribution in [3.63, 3.8) is 0 Å². The van der Waals surface area contributed by atoms with Crippen molar-refractivity contribution < 1.29 is 4.79 Å². The third kappa shape index (κ3) is 2.95. The molecule has 1 atom stereocenters. The van der Waals surface area contributed by atoms with E-state index in [0.29, 0.717) is 11.6 Å². The number of nitrogens with one attached hydrogen (secondary N) is 3. The number of benzene rings is 1. The number of aromatic nitrogens is 1. The lowest BCUT2D eigenvalue weighted by Crippen LogP contribution is -2.22. The molecular formula is C17H26N4O. The van der Waals surface area contributed by atoms with Crippen LogP contribution in [0.15, 0.2) is 12.1 Å². The van der Waals surface area contributed by atoms with Gasteiger partial charge in [-0.3, -0.25) is 4.79 Å². The summed E-state index contributed by atoms with van der Waals surface area (Å²) in [7, 11) is 0. The average Bonchev–Trinajstić information content (AvgIpc) is 3.11. The van der Waals surface area contributed by atoms with E-state index in [9.17, 15) is 4.79 Å². The summed E-state index contributed by atoms with van der Waals surface area (Å²) < 4.78 is 0. The lowest BCUT2D eigenvalue weighted by atomic mass is 10.0. The minimum atomic E-state index is -0.398. The molecule has 0 radical (unpaired) electrons. The monoisotopic (exact) mass is 302 g/mol. The minimum Gasteiger partial charge on any atom is -0.380 e. The van der Waals surface area contributed by atoms with Gasteiger partial charge in [-0.25, -0.2) is 0 Å². The van der Waals surface area contributed by atoms with Crippen LogP contribution in [0.25, 0.3) is 10.9 Å². The zero-order valence-corrected chi connectivity index (χ0v) is 13.8. The maximum Gasteiger partial charge on any atom is 0.250 e. The molecule has 22 heavy (non-hydrogen) atoms. The molecule has 5 nitrogen and oxygen atoms in total. The molecule has 2 heterocycles. The minimum absolute atomic E-state index is 0.398. The van der Waals surface area contributed by atoms with Gasteiger partial charge in [0, 0.05) is 29.4 Å². The van der Waals surface area contributed by atoms with Crippen LogP contribution in [-0.2, 0) is 0 Å². The van der Waals surface area contributed by atoms with Crippen molar-refractivity contribution in [3.05, 3.63) is 29.0 Å². The van der Waals surface area contributed by atoms with E-state index in [1.165, 1.54) is 0 Å². The maximum atomic E-state index is 11.6. The van der Waals surface area contributed by atoms with Gasteiger partial charge in [0.2, 0.25) is 0 Å². The molecule has 1 fully saturated rings. The number of amides is 1.